The van der Waals surface area contributed by atoms with E-state index in [9.17, 15) is 4.79 Å². The number of hydrogen-bond donors (Lipinski definition) is 0. The summed E-state index contributed by atoms with van der Waals surface area (Å²) in [5.74, 6) is 1.27. The lowest BCUT2D eigenvalue weighted by Crippen LogP contribution is -1.91. The molecule has 0 aliphatic rings. The second kappa shape index (κ2) is 4.07. The Bertz CT molecular complexity index is 252. The van der Waals surface area contributed by atoms with E-state index in [0.29, 0.717) is 12.4 Å². The number of methoxy groups -OCH3 is 1. The second-order valence-electron chi connectivity index (χ2n) is 2.66. The Morgan fingerprint density at radius 2 is 2.42 bits per heavy atom. The van der Waals surface area contributed by atoms with Gasteiger partial charge in [-0.2, -0.15) is 0 Å². The van der Waals surface area contributed by atoms with Crippen molar-refractivity contribution in [2.75, 3.05) is 7.11 Å². The lowest BCUT2D eigenvalue weighted by Gasteiger charge is -1.97. The number of hydrogen-bond acceptors (Lipinski definition) is 3. The van der Waals surface area contributed by atoms with Crippen LogP contribution in [0.2, 0.25) is 0 Å². The maximum atomic E-state index is 10.4. The SMILES string of the molecule is COCc1ccc(C(C)C=O)o1. The van der Waals surface area contributed by atoms with E-state index >= 15 is 0 Å². The van der Waals surface area contributed by atoms with Crippen molar-refractivity contribution in [1.29, 1.82) is 0 Å². The van der Waals surface area contributed by atoms with E-state index in [-0.39, 0.29) is 5.92 Å². The average molecular weight is 168 g/mol. The highest BCUT2D eigenvalue weighted by molar-refractivity contribution is 5.59. The molecule has 3 nitrogen and oxygen atoms in total. The quantitative estimate of drug-likeness (QED) is 0.643. The van der Waals surface area contributed by atoms with Crippen LogP contribution >= 0.6 is 0 Å². The Morgan fingerprint density at radius 3 is 3.00 bits per heavy atom. The molecule has 0 aliphatic heterocycles. The van der Waals surface area contributed by atoms with E-state index < -0.39 is 0 Å². The van der Waals surface area contributed by atoms with Crippen LogP contribution in [0.3, 0.4) is 0 Å². The lowest BCUT2D eigenvalue weighted by molar-refractivity contribution is -0.109. The summed E-state index contributed by atoms with van der Waals surface area (Å²) in [7, 11) is 1.60. The highest BCUT2D eigenvalue weighted by Gasteiger charge is 2.08. The predicted octanol–water partition coefficient (Wildman–Crippen LogP) is 1.73. The Labute approximate surface area is 71.3 Å². The zero-order valence-corrected chi connectivity index (χ0v) is 7.24. The molecule has 0 aliphatic carbocycles. The molecule has 66 valence electrons. The van der Waals surface area contributed by atoms with Crippen molar-refractivity contribution in [1.82, 2.24) is 0 Å². The summed E-state index contributed by atoms with van der Waals surface area (Å²) in [5, 5.41) is 0. The molecule has 3 heteroatoms. The van der Waals surface area contributed by atoms with Crippen molar-refractivity contribution >= 4 is 6.29 Å². The van der Waals surface area contributed by atoms with Crippen molar-refractivity contribution in [2.45, 2.75) is 19.4 Å². The van der Waals surface area contributed by atoms with Gasteiger partial charge < -0.3 is 13.9 Å². The third kappa shape index (κ3) is 1.95. The van der Waals surface area contributed by atoms with Gasteiger partial charge in [0.2, 0.25) is 0 Å². The van der Waals surface area contributed by atoms with E-state index in [1.165, 1.54) is 0 Å². The molecular formula is C9H12O3. The van der Waals surface area contributed by atoms with Crippen molar-refractivity contribution < 1.29 is 13.9 Å². The summed E-state index contributed by atoms with van der Waals surface area (Å²) in [6.45, 7) is 2.24. The third-order valence-electron chi connectivity index (χ3n) is 1.62. The van der Waals surface area contributed by atoms with Gasteiger partial charge in [-0.3, -0.25) is 0 Å². The minimum Gasteiger partial charge on any atom is -0.463 e. The molecule has 1 heterocycles. The number of aldehydes is 1. The maximum absolute atomic E-state index is 10.4. The molecule has 0 radical (unpaired) electrons. The Kier molecular flexibility index (Phi) is 3.05. The minimum absolute atomic E-state index is 0.171. The van der Waals surface area contributed by atoms with Crippen LogP contribution < -0.4 is 0 Å². The summed E-state index contributed by atoms with van der Waals surface area (Å²) in [4.78, 5) is 10.4. The van der Waals surface area contributed by atoms with Crippen molar-refractivity contribution in [3.8, 4) is 0 Å². The van der Waals surface area contributed by atoms with Crippen LogP contribution in [0.4, 0.5) is 0 Å². The van der Waals surface area contributed by atoms with Crippen LogP contribution in [0.15, 0.2) is 16.5 Å². The first-order valence-corrected chi connectivity index (χ1v) is 3.80. The number of rotatable bonds is 4. The van der Waals surface area contributed by atoms with Crippen LogP contribution in [0, 0.1) is 0 Å². The maximum Gasteiger partial charge on any atom is 0.130 e. The van der Waals surface area contributed by atoms with Crippen molar-refractivity contribution in [2.24, 2.45) is 0 Å². The summed E-state index contributed by atoms with van der Waals surface area (Å²) in [6, 6.07) is 3.62. The molecule has 0 saturated heterocycles. The van der Waals surface area contributed by atoms with E-state index in [0.717, 1.165) is 12.0 Å². The largest absolute Gasteiger partial charge is 0.463 e. The zero-order valence-electron chi connectivity index (χ0n) is 7.24. The third-order valence-corrected chi connectivity index (χ3v) is 1.62. The van der Waals surface area contributed by atoms with Crippen LogP contribution in [0.1, 0.15) is 24.4 Å². The molecule has 0 aromatic carbocycles. The minimum atomic E-state index is -0.171. The summed E-state index contributed by atoms with van der Waals surface area (Å²) >= 11 is 0. The summed E-state index contributed by atoms with van der Waals surface area (Å²) in [5.41, 5.74) is 0. The first-order valence-electron chi connectivity index (χ1n) is 3.80. The molecule has 0 bridgehead atoms. The Balaban J connectivity index is 2.69. The van der Waals surface area contributed by atoms with Crippen LogP contribution in [-0.4, -0.2) is 13.4 Å². The monoisotopic (exact) mass is 168 g/mol. The van der Waals surface area contributed by atoms with Gasteiger partial charge >= 0.3 is 0 Å². The molecule has 1 rings (SSSR count). The molecule has 1 aromatic heterocycles. The molecule has 1 atom stereocenters. The van der Waals surface area contributed by atoms with Crippen LogP contribution in [0.5, 0.6) is 0 Å². The molecular weight excluding hydrogens is 156 g/mol. The number of carbonyl (C=O) groups is 1. The fraction of sp³-hybridized carbons (Fsp3) is 0.444. The second-order valence-corrected chi connectivity index (χ2v) is 2.66. The van der Waals surface area contributed by atoms with Gasteiger partial charge in [-0.25, -0.2) is 0 Å². The fourth-order valence-electron chi connectivity index (χ4n) is 0.926. The van der Waals surface area contributed by atoms with Gasteiger partial charge in [-0.1, -0.05) is 0 Å². The lowest BCUT2D eigenvalue weighted by atomic mass is 10.1. The average Bonchev–Trinajstić information content (AvgIpc) is 2.52. The van der Waals surface area contributed by atoms with Gasteiger partial charge in [0.15, 0.2) is 0 Å². The van der Waals surface area contributed by atoms with E-state index in [2.05, 4.69) is 0 Å². The number of ether oxygens (including phenoxy) is 1. The van der Waals surface area contributed by atoms with E-state index in [1.54, 1.807) is 20.1 Å². The molecule has 0 N–H and O–H groups in total. The van der Waals surface area contributed by atoms with Gasteiger partial charge in [-0.05, 0) is 19.1 Å². The molecule has 0 amide bonds. The van der Waals surface area contributed by atoms with Crippen LogP contribution in [0.25, 0.3) is 0 Å². The van der Waals surface area contributed by atoms with Gasteiger partial charge in [0, 0.05) is 7.11 Å². The Morgan fingerprint density at radius 1 is 1.67 bits per heavy atom. The molecule has 0 spiro atoms. The van der Waals surface area contributed by atoms with Gasteiger partial charge in [0.05, 0.1) is 5.92 Å². The zero-order chi connectivity index (χ0) is 8.97. The first kappa shape index (κ1) is 9.00. The number of carbonyl (C=O) groups excluding carboxylic acids is 1. The van der Waals surface area contributed by atoms with E-state index in [4.69, 9.17) is 9.15 Å². The number of furan rings is 1. The smallest absolute Gasteiger partial charge is 0.130 e. The van der Waals surface area contributed by atoms with Crippen molar-refractivity contribution in [3.63, 3.8) is 0 Å². The fourth-order valence-corrected chi connectivity index (χ4v) is 0.926. The molecule has 12 heavy (non-hydrogen) atoms. The molecule has 1 unspecified atom stereocenters. The first-order chi connectivity index (χ1) is 5.77. The normalized spacial score (nSPS) is 12.8. The van der Waals surface area contributed by atoms with Crippen LogP contribution in [-0.2, 0) is 16.1 Å². The highest BCUT2D eigenvalue weighted by Crippen LogP contribution is 2.16. The van der Waals surface area contributed by atoms with Crippen molar-refractivity contribution in [3.05, 3.63) is 23.7 Å². The van der Waals surface area contributed by atoms with Gasteiger partial charge in [0.1, 0.15) is 24.4 Å². The standard InChI is InChI=1S/C9H12O3/c1-7(5-10)9-4-3-8(12-9)6-11-2/h3-5,7H,6H2,1-2H3. The topological polar surface area (TPSA) is 39.4 Å². The Hall–Kier alpha value is -1.09. The summed E-state index contributed by atoms with van der Waals surface area (Å²) < 4.78 is 10.2. The van der Waals surface area contributed by atoms with Gasteiger partial charge in [0.25, 0.3) is 0 Å². The van der Waals surface area contributed by atoms with E-state index in [1.807, 2.05) is 6.07 Å². The molecule has 1 aromatic rings. The van der Waals surface area contributed by atoms with Gasteiger partial charge in [-0.15, -0.1) is 0 Å². The highest BCUT2D eigenvalue weighted by atomic mass is 16.5. The predicted molar refractivity (Wildman–Crippen MR) is 43.9 cm³/mol. The molecule has 0 saturated carbocycles. The summed E-state index contributed by atoms with van der Waals surface area (Å²) in [6.07, 6.45) is 0.857. The molecule has 0 fully saturated rings.